The molecule has 1 aromatic heterocycles. The van der Waals surface area contributed by atoms with Gasteiger partial charge in [-0.3, -0.25) is 4.79 Å². The number of aromatic nitrogens is 2. The quantitative estimate of drug-likeness (QED) is 0.595. The number of amides is 1. The van der Waals surface area contributed by atoms with Gasteiger partial charge in [-0.05, 0) is 67.6 Å². The van der Waals surface area contributed by atoms with E-state index >= 15 is 0 Å². The Kier molecular flexibility index (Phi) is 6.28. The van der Waals surface area contributed by atoms with Gasteiger partial charge in [0, 0.05) is 23.5 Å². The topological polar surface area (TPSA) is 58.1 Å². The predicted molar refractivity (Wildman–Crippen MR) is 119 cm³/mol. The number of halogens is 1. The Morgan fingerprint density at radius 2 is 1.90 bits per heavy atom. The number of anilines is 2. The van der Waals surface area contributed by atoms with E-state index in [2.05, 4.69) is 20.4 Å². The van der Waals surface area contributed by atoms with Gasteiger partial charge in [0.25, 0.3) is 0 Å². The summed E-state index contributed by atoms with van der Waals surface area (Å²) in [7, 11) is 0. The van der Waals surface area contributed by atoms with Crippen molar-refractivity contribution < 1.29 is 9.18 Å². The molecule has 1 unspecified atom stereocenters. The SMILES string of the molecule is CSc1ccccc1NC(=O)C1CCCN(c2ccc(-c3ccc(F)cc3)nn2)C1. The maximum Gasteiger partial charge on any atom is 0.229 e. The lowest BCUT2D eigenvalue weighted by atomic mass is 9.97. The normalized spacial score (nSPS) is 16.3. The third-order valence-corrected chi connectivity index (χ3v) is 6.07. The Bertz CT molecular complexity index is 1010. The van der Waals surface area contributed by atoms with Crippen LogP contribution in [0.5, 0.6) is 0 Å². The van der Waals surface area contributed by atoms with Crippen molar-refractivity contribution in [1.29, 1.82) is 0 Å². The summed E-state index contributed by atoms with van der Waals surface area (Å²) in [5.74, 6) is 0.410. The molecular formula is C23H23FN4OS. The first-order valence-electron chi connectivity index (χ1n) is 9.92. The third-order valence-electron chi connectivity index (χ3n) is 5.27. The predicted octanol–water partition coefficient (Wildman–Crippen LogP) is 4.86. The molecule has 1 fully saturated rings. The van der Waals surface area contributed by atoms with Crippen LogP contribution < -0.4 is 10.2 Å². The monoisotopic (exact) mass is 422 g/mol. The van der Waals surface area contributed by atoms with Gasteiger partial charge in [-0.1, -0.05) is 12.1 Å². The summed E-state index contributed by atoms with van der Waals surface area (Å²) in [6.45, 7) is 1.45. The van der Waals surface area contributed by atoms with Crippen LogP contribution in [0.25, 0.3) is 11.3 Å². The highest BCUT2D eigenvalue weighted by Gasteiger charge is 2.27. The largest absolute Gasteiger partial charge is 0.354 e. The highest BCUT2D eigenvalue weighted by Crippen LogP contribution is 2.27. The molecule has 1 saturated heterocycles. The van der Waals surface area contributed by atoms with Crippen LogP contribution in [-0.2, 0) is 4.79 Å². The van der Waals surface area contributed by atoms with E-state index in [4.69, 9.17) is 0 Å². The fraction of sp³-hybridized carbons (Fsp3) is 0.261. The van der Waals surface area contributed by atoms with Crippen LogP contribution in [0.3, 0.4) is 0 Å². The van der Waals surface area contributed by atoms with Gasteiger partial charge in [0.05, 0.1) is 17.3 Å². The van der Waals surface area contributed by atoms with Crippen molar-refractivity contribution in [2.75, 3.05) is 29.6 Å². The Morgan fingerprint density at radius 1 is 1.10 bits per heavy atom. The lowest BCUT2D eigenvalue weighted by molar-refractivity contribution is -0.120. The van der Waals surface area contributed by atoms with Crippen LogP contribution in [0.1, 0.15) is 12.8 Å². The molecule has 1 aliphatic heterocycles. The molecule has 1 aliphatic rings. The summed E-state index contributed by atoms with van der Waals surface area (Å²) in [5.41, 5.74) is 2.37. The smallest absolute Gasteiger partial charge is 0.229 e. The first kappa shape index (κ1) is 20.3. The van der Waals surface area contributed by atoms with Crippen LogP contribution in [0.4, 0.5) is 15.9 Å². The van der Waals surface area contributed by atoms with Crippen molar-refractivity contribution in [3.05, 3.63) is 66.5 Å². The fourth-order valence-electron chi connectivity index (χ4n) is 3.65. The number of carbonyl (C=O) groups excluding carboxylic acids is 1. The molecule has 154 valence electrons. The summed E-state index contributed by atoms with van der Waals surface area (Å²) in [6.07, 6.45) is 3.77. The van der Waals surface area contributed by atoms with Crippen molar-refractivity contribution in [2.45, 2.75) is 17.7 Å². The average Bonchev–Trinajstić information content (AvgIpc) is 2.80. The number of thioether (sulfide) groups is 1. The van der Waals surface area contributed by atoms with Crippen molar-refractivity contribution in [1.82, 2.24) is 10.2 Å². The number of hydrogen-bond acceptors (Lipinski definition) is 5. The van der Waals surface area contributed by atoms with E-state index in [0.717, 1.165) is 41.4 Å². The molecule has 0 saturated carbocycles. The van der Waals surface area contributed by atoms with E-state index in [9.17, 15) is 9.18 Å². The van der Waals surface area contributed by atoms with Gasteiger partial charge in [-0.25, -0.2) is 4.39 Å². The van der Waals surface area contributed by atoms with Crippen molar-refractivity contribution in [3.8, 4) is 11.3 Å². The minimum Gasteiger partial charge on any atom is -0.354 e. The molecule has 1 N–H and O–H groups in total. The minimum absolute atomic E-state index is 0.0390. The Morgan fingerprint density at radius 3 is 2.63 bits per heavy atom. The number of hydrogen-bond donors (Lipinski definition) is 1. The fourth-order valence-corrected chi connectivity index (χ4v) is 4.20. The standard InChI is InChI=1S/C23H23FN4OS/c1-30-21-7-3-2-6-20(21)25-23(29)17-5-4-14-28(15-17)22-13-12-19(26-27-22)16-8-10-18(24)11-9-16/h2-3,6-13,17H,4-5,14-15H2,1H3,(H,25,29). The summed E-state index contributed by atoms with van der Waals surface area (Å²) >= 11 is 1.62. The molecule has 1 amide bonds. The molecule has 5 nitrogen and oxygen atoms in total. The van der Waals surface area contributed by atoms with E-state index in [1.807, 2.05) is 42.7 Å². The van der Waals surface area contributed by atoms with E-state index in [-0.39, 0.29) is 17.6 Å². The maximum atomic E-state index is 13.1. The molecule has 1 atom stereocenters. The molecule has 3 aromatic rings. The summed E-state index contributed by atoms with van der Waals surface area (Å²) in [4.78, 5) is 16.0. The van der Waals surface area contributed by atoms with Gasteiger partial charge >= 0.3 is 0 Å². The van der Waals surface area contributed by atoms with Crippen LogP contribution >= 0.6 is 11.8 Å². The number of piperidine rings is 1. The van der Waals surface area contributed by atoms with Gasteiger partial charge in [-0.2, -0.15) is 0 Å². The van der Waals surface area contributed by atoms with Crippen LogP contribution in [-0.4, -0.2) is 35.4 Å². The average molecular weight is 423 g/mol. The van der Waals surface area contributed by atoms with Crippen molar-refractivity contribution >= 4 is 29.2 Å². The maximum absolute atomic E-state index is 13.1. The highest BCUT2D eigenvalue weighted by molar-refractivity contribution is 7.98. The molecule has 4 rings (SSSR count). The first-order chi connectivity index (χ1) is 14.6. The number of carbonyl (C=O) groups is 1. The van der Waals surface area contributed by atoms with Gasteiger partial charge in [0.2, 0.25) is 5.91 Å². The van der Waals surface area contributed by atoms with E-state index in [1.165, 1.54) is 12.1 Å². The van der Waals surface area contributed by atoms with E-state index < -0.39 is 0 Å². The number of benzene rings is 2. The van der Waals surface area contributed by atoms with Crippen LogP contribution in [0.15, 0.2) is 65.6 Å². The number of nitrogens with zero attached hydrogens (tertiary/aromatic N) is 3. The van der Waals surface area contributed by atoms with Crippen molar-refractivity contribution in [2.24, 2.45) is 5.92 Å². The molecule has 2 aromatic carbocycles. The molecule has 0 aliphatic carbocycles. The summed E-state index contributed by atoms with van der Waals surface area (Å²) < 4.78 is 13.1. The minimum atomic E-state index is -0.277. The summed E-state index contributed by atoms with van der Waals surface area (Å²) in [6, 6.07) is 17.8. The molecule has 0 bridgehead atoms. The second-order valence-corrected chi connectivity index (χ2v) is 8.11. The molecule has 0 spiro atoms. The third kappa shape index (κ3) is 4.62. The lowest BCUT2D eigenvalue weighted by Crippen LogP contribution is -2.41. The second-order valence-electron chi connectivity index (χ2n) is 7.26. The van der Waals surface area contributed by atoms with Gasteiger partial charge in [-0.15, -0.1) is 22.0 Å². The second kappa shape index (κ2) is 9.26. The molecule has 30 heavy (non-hydrogen) atoms. The first-order valence-corrected chi connectivity index (χ1v) is 11.1. The van der Waals surface area contributed by atoms with Gasteiger partial charge in [0.1, 0.15) is 5.82 Å². The highest BCUT2D eigenvalue weighted by atomic mass is 32.2. The van der Waals surface area contributed by atoms with E-state index in [1.54, 1.807) is 23.9 Å². The van der Waals surface area contributed by atoms with Crippen LogP contribution in [0.2, 0.25) is 0 Å². The number of rotatable bonds is 5. The molecular weight excluding hydrogens is 399 g/mol. The van der Waals surface area contributed by atoms with E-state index in [0.29, 0.717) is 12.2 Å². The molecule has 0 radical (unpaired) electrons. The van der Waals surface area contributed by atoms with Crippen molar-refractivity contribution in [3.63, 3.8) is 0 Å². The number of para-hydroxylation sites is 1. The molecule has 7 heteroatoms. The van der Waals surface area contributed by atoms with Crippen LogP contribution in [0, 0.1) is 11.7 Å². The zero-order chi connectivity index (χ0) is 20.9. The lowest BCUT2D eigenvalue weighted by Gasteiger charge is -2.32. The Balaban J connectivity index is 1.43. The Labute approximate surface area is 179 Å². The zero-order valence-corrected chi connectivity index (χ0v) is 17.5. The summed E-state index contributed by atoms with van der Waals surface area (Å²) in [5, 5.41) is 11.7. The van der Waals surface area contributed by atoms with Gasteiger partial charge in [0.15, 0.2) is 5.82 Å². The molecule has 2 heterocycles. The van der Waals surface area contributed by atoms with Gasteiger partial charge < -0.3 is 10.2 Å². The number of nitrogens with one attached hydrogen (secondary N) is 1. The zero-order valence-electron chi connectivity index (χ0n) is 16.7. The Hall–Kier alpha value is -2.93.